The third kappa shape index (κ3) is 6.79. The van der Waals surface area contributed by atoms with Crippen molar-refractivity contribution in [3.8, 4) is 22.5 Å². The third-order valence-corrected chi connectivity index (χ3v) is 8.07. The van der Waals surface area contributed by atoms with Crippen LogP contribution in [0.25, 0.3) is 22.5 Å². The van der Waals surface area contributed by atoms with Crippen molar-refractivity contribution in [2.45, 2.75) is 13.8 Å². The third-order valence-electron chi connectivity index (χ3n) is 5.42. The fourth-order valence-electron chi connectivity index (χ4n) is 3.55. The quantitative estimate of drug-likeness (QED) is 0.214. The number of halogens is 1. The summed E-state index contributed by atoms with van der Waals surface area (Å²) in [4.78, 5) is 19.0. The lowest BCUT2D eigenvalue weighted by atomic mass is 10.2. The van der Waals surface area contributed by atoms with Crippen LogP contribution in [0.4, 0.5) is 26.3 Å². The van der Waals surface area contributed by atoms with Crippen molar-refractivity contribution in [2.24, 2.45) is 0 Å². The van der Waals surface area contributed by atoms with Crippen molar-refractivity contribution in [3.63, 3.8) is 0 Å². The van der Waals surface area contributed by atoms with E-state index in [1.54, 1.807) is 24.7 Å². The Morgan fingerprint density at radius 1 is 0.902 bits per heavy atom. The van der Waals surface area contributed by atoms with Gasteiger partial charge in [0.05, 0.1) is 36.2 Å². The molecule has 6 rings (SSSR count). The molecule has 0 aliphatic heterocycles. The molecule has 0 aliphatic carbocycles. The van der Waals surface area contributed by atoms with E-state index < -0.39 is 15.8 Å². The first kappa shape index (κ1) is 28.0. The molecule has 0 spiro atoms. The number of nitrogens with one attached hydrogen (secondary N) is 3. The molecule has 16 heteroatoms. The minimum atomic E-state index is -3.39. The predicted octanol–water partition coefficient (Wildman–Crippen LogP) is 5.38. The number of hydrogen-bond acceptors (Lipinski definition) is 12. The highest BCUT2D eigenvalue weighted by Gasteiger charge is 2.15. The van der Waals surface area contributed by atoms with Gasteiger partial charge in [0.2, 0.25) is 0 Å². The maximum absolute atomic E-state index is 13.5. The van der Waals surface area contributed by atoms with E-state index in [4.69, 9.17) is 0 Å². The summed E-state index contributed by atoms with van der Waals surface area (Å²) in [5.74, 6) is 0.477. The molecule has 6 aromatic heterocycles. The van der Waals surface area contributed by atoms with Crippen LogP contribution >= 0.6 is 22.7 Å². The second kappa shape index (κ2) is 11.9. The van der Waals surface area contributed by atoms with E-state index in [2.05, 4.69) is 45.9 Å². The van der Waals surface area contributed by atoms with Crippen molar-refractivity contribution in [1.29, 1.82) is 0 Å². The molecule has 0 atom stereocenters. The Labute approximate surface area is 242 Å². The minimum Gasteiger partial charge on any atom is -0.316 e. The molecule has 0 bridgehead atoms. The largest absolute Gasteiger partial charge is 0.316 e. The number of aromatic nitrogens is 8. The van der Waals surface area contributed by atoms with E-state index in [9.17, 15) is 12.8 Å². The van der Waals surface area contributed by atoms with Crippen molar-refractivity contribution < 1.29 is 12.8 Å². The maximum atomic E-state index is 13.5. The first-order valence-electron chi connectivity index (χ1n) is 11.9. The zero-order valence-corrected chi connectivity index (χ0v) is 24.4. The van der Waals surface area contributed by atoms with Crippen molar-refractivity contribution >= 4 is 54.6 Å². The average Bonchev–Trinajstić information content (AvgIpc) is 3.74. The van der Waals surface area contributed by atoms with Crippen LogP contribution in [0, 0.1) is 19.7 Å². The van der Waals surface area contributed by atoms with Gasteiger partial charge >= 0.3 is 0 Å². The molecule has 6 aromatic rings. The fraction of sp³-hybridized carbons (Fsp3) is 0.120. The predicted molar refractivity (Wildman–Crippen MR) is 158 cm³/mol. The average molecular weight is 611 g/mol. The van der Waals surface area contributed by atoms with Gasteiger partial charge in [-0.05, 0) is 38.1 Å². The topological polar surface area (TPSA) is 156 Å². The van der Waals surface area contributed by atoms with E-state index >= 15 is 0 Å². The number of aromatic amines is 1. The molecule has 0 aliphatic rings. The second-order valence-electron chi connectivity index (χ2n) is 8.50. The molecule has 3 N–H and O–H groups in total. The summed E-state index contributed by atoms with van der Waals surface area (Å²) in [6.07, 6.45) is 10.8. The molecule has 0 saturated carbocycles. The van der Waals surface area contributed by atoms with Crippen LogP contribution in [0.5, 0.6) is 0 Å². The smallest absolute Gasteiger partial charge is 0.250 e. The molecular weight excluding hydrogens is 588 g/mol. The van der Waals surface area contributed by atoms with E-state index in [1.807, 2.05) is 32.0 Å². The monoisotopic (exact) mass is 610 g/mol. The summed E-state index contributed by atoms with van der Waals surface area (Å²) in [6.45, 7) is 3.88. The molecule has 0 amide bonds. The van der Waals surface area contributed by atoms with Gasteiger partial charge in [-0.1, -0.05) is 6.07 Å². The lowest BCUT2D eigenvalue weighted by molar-refractivity contribution is 0.586. The summed E-state index contributed by atoms with van der Waals surface area (Å²) in [5.41, 5.74) is 3.10. The van der Waals surface area contributed by atoms with Crippen molar-refractivity contribution in [1.82, 2.24) is 39.3 Å². The molecule has 0 saturated heterocycles. The number of aryl methyl sites for hydroxylation is 2. The standard InChI is InChI=1S/C13H13N5O2S2.C12H10FN5S/c1-9-12(10-7-15-18(8-10)22(2,19)20)17-13(21-9)16-11-5-3-4-6-14-11;1-7-10(8-5-15-16-6-8)17-12(19-7)18-11-9(13)3-2-4-14-11/h3-8H,1-2H3,(H,14,16,17);2-6H,1H3,(H,15,16)(H,14,17,18). The number of thiazole rings is 2. The van der Waals surface area contributed by atoms with Gasteiger partial charge in [0.1, 0.15) is 5.82 Å². The highest BCUT2D eigenvalue weighted by atomic mass is 32.2. The first-order chi connectivity index (χ1) is 19.7. The van der Waals surface area contributed by atoms with Crippen molar-refractivity contribution in [3.05, 3.63) is 83.1 Å². The van der Waals surface area contributed by atoms with Crippen LogP contribution < -0.4 is 10.6 Å². The van der Waals surface area contributed by atoms with Crippen LogP contribution in [0.2, 0.25) is 0 Å². The zero-order chi connectivity index (χ0) is 29.0. The van der Waals surface area contributed by atoms with Crippen LogP contribution in [0.3, 0.4) is 0 Å². The molecular formula is C25H23FN10O2S3. The number of hydrogen-bond donors (Lipinski definition) is 3. The number of rotatable bonds is 7. The van der Waals surface area contributed by atoms with Crippen LogP contribution in [-0.2, 0) is 10.0 Å². The Balaban J connectivity index is 0.000000166. The van der Waals surface area contributed by atoms with Gasteiger partial charge in [-0.15, -0.1) is 22.7 Å². The highest BCUT2D eigenvalue weighted by Crippen LogP contribution is 2.32. The van der Waals surface area contributed by atoms with Gasteiger partial charge < -0.3 is 10.6 Å². The molecule has 0 fully saturated rings. The molecule has 6 heterocycles. The molecule has 0 radical (unpaired) electrons. The Kier molecular flexibility index (Phi) is 8.14. The SMILES string of the molecule is Cc1sc(Nc2ccccn2)nc1-c1cnn(S(C)(=O)=O)c1.Cc1sc(Nc2ncccc2F)nc1-c1cn[nH]c1. The Bertz CT molecular complexity index is 1870. The second-order valence-corrected chi connectivity index (χ2v) is 12.7. The van der Waals surface area contributed by atoms with Crippen molar-refractivity contribution in [2.75, 3.05) is 16.9 Å². The van der Waals surface area contributed by atoms with Gasteiger partial charge in [-0.2, -0.15) is 14.3 Å². The zero-order valence-electron chi connectivity index (χ0n) is 21.9. The van der Waals surface area contributed by atoms with Gasteiger partial charge in [0, 0.05) is 39.5 Å². The lowest BCUT2D eigenvalue weighted by Gasteiger charge is -2.01. The maximum Gasteiger partial charge on any atom is 0.250 e. The Morgan fingerprint density at radius 3 is 2.22 bits per heavy atom. The molecule has 0 aromatic carbocycles. The van der Waals surface area contributed by atoms with Gasteiger partial charge in [-0.25, -0.2) is 32.7 Å². The van der Waals surface area contributed by atoms with E-state index in [0.717, 1.165) is 31.4 Å². The van der Waals surface area contributed by atoms with Gasteiger partial charge in [-0.3, -0.25) is 5.10 Å². The summed E-state index contributed by atoms with van der Waals surface area (Å²) < 4.78 is 37.4. The van der Waals surface area contributed by atoms with E-state index in [1.165, 1.54) is 47.3 Å². The lowest BCUT2D eigenvalue weighted by Crippen LogP contribution is -2.09. The minimum absolute atomic E-state index is 0.176. The van der Waals surface area contributed by atoms with Gasteiger partial charge in [0.25, 0.3) is 10.0 Å². The summed E-state index contributed by atoms with van der Waals surface area (Å²) in [6, 6.07) is 8.46. The number of pyridine rings is 2. The summed E-state index contributed by atoms with van der Waals surface area (Å²) in [7, 11) is -3.39. The van der Waals surface area contributed by atoms with Crippen LogP contribution in [-0.4, -0.2) is 54.0 Å². The first-order valence-corrected chi connectivity index (χ1v) is 15.4. The normalized spacial score (nSPS) is 11.1. The Hall–Kier alpha value is -4.54. The number of nitrogens with zero attached hydrogens (tertiary/aromatic N) is 7. The summed E-state index contributed by atoms with van der Waals surface area (Å²) in [5, 5.41) is 17.8. The van der Waals surface area contributed by atoms with E-state index in [0.29, 0.717) is 27.3 Å². The molecule has 41 heavy (non-hydrogen) atoms. The van der Waals surface area contributed by atoms with Crippen LogP contribution in [0.1, 0.15) is 9.75 Å². The molecule has 12 nitrogen and oxygen atoms in total. The number of H-pyrrole nitrogens is 1. The summed E-state index contributed by atoms with van der Waals surface area (Å²) >= 11 is 2.92. The van der Waals surface area contributed by atoms with Gasteiger partial charge in [0.15, 0.2) is 21.9 Å². The fourth-order valence-corrected chi connectivity index (χ4v) is 5.75. The molecule has 0 unspecified atom stereocenters. The molecule has 210 valence electrons. The highest BCUT2D eigenvalue weighted by molar-refractivity contribution is 7.89. The number of anilines is 4. The van der Waals surface area contributed by atoms with Crippen LogP contribution in [0.15, 0.2) is 67.5 Å². The van der Waals surface area contributed by atoms with E-state index in [-0.39, 0.29) is 5.82 Å². The Morgan fingerprint density at radius 2 is 1.61 bits per heavy atom.